The Kier molecular flexibility index (Phi) is 2.81. The van der Waals surface area contributed by atoms with Gasteiger partial charge in [0.05, 0.1) is 17.3 Å². The molecule has 1 heterocycles. The molecular weight excluding hydrogens is 262 g/mol. The third kappa shape index (κ3) is 1.88. The molecule has 1 fully saturated rings. The lowest BCUT2D eigenvalue weighted by atomic mass is 9.82. The maximum Gasteiger partial charge on any atom is 0.199 e. The summed E-state index contributed by atoms with van der Waals surface area (Å²) in [6.07, 6.45) is 8.80. The highest BCUT2D eigenvalue weighted by molar-refractivity contribution is 6.38. The Labute approximate surface area is 123 Å². The molecule has 0 aromatic heterocycles. The van der Waals surface area contributed by atoms with Gasteiger partial charge in [0.1, 0.15) is 5.76 Å². The summed E-state index contributed by atoms with van der Waals surface area (Å²) < 4.78 is 0. The molecule has 0 amide bonds. The van der Waals surface area contributed by atoms with Gasteiger partial charge in [0.2, 0.25) is 0 Å². The van der Waals surface area contributed by atoms with Crippen LogP contribution in [0.5, 0.6) is 0 Å². The fourth-order valence-electron chi connectivity index (χ4n) is 3.61. The first kappa shape index (κ1) is 12.6. The fourth-order valence-corrected chi connectivity index (χ4v) is 3.61. The van der Waals surface area contributed by atoms with Crippen molar-refractivity contribution >= 4 is 17.3 Å². The van der Waals surface area contributed by atoms with Crippen LogP contribution in [0.1, 0.15) is 41.6 Å². The van der Waals surface area contributed by atoms with Gasteiger partial charge < -0.3 is 5.11 Å². The van der Waals surface area contributed by atoms with Crippen molar-refractivity contribution in [3.8, 4) is 0 Å². The van der Waals surface area contributed by atoms with Crippen LogP contribution in [0.25, 0.3) is 5.76 Å². The zero-order valence-corrected chi connectivity index (χ0v) is 11.7. The van der Waals surface area contributed by atoms with Crippen LogP contribution in [-0.4, -0.2) is 22.6 Å². The molecule has 0 radical (unpaired) electrons. The van der Waals surface area contributed by atoms with E-state index in [9.17, 15) is 9.90 Å². The van der Waals surface area contributed by atoms with Gasteiger partial charge in [-0.15, -0.1) is 0 Å². The molecule has 1 N–H and O–H groups in total. The number of Topliss-reactive ketones (excluding diaryl/α,β-unsaturated/α-hetero) is 1. The molecule has 2 atom stereocenters. The molecule has 1 aromatic rings. The molecule has 21 heavy (non-hydrogen) atoms. The minimum absolute atomic E-state index is 0.0771. The SMILES string of the molecule is O=C1C(C2=NC3CCCCC3C=C2)=C(O)c2ccccc21. The molecule has 106 valence electrons. The number of rotatable bonds is 1. The van der Waals surface area contributed by atoms with Crippen LogP contribution in [-0.2, 0) is 0 Å². The van der Waals surface area contributed by atoms with E-state index in [1.54, 1.807) is 12.1 Å². The Morgan fingerprint density at radius 1 is 1.10 bits per heavy atom. The third-order valence-electron chi connectivity index (χ3n) is 4.73. The van der Waals surface area contributed by atoms with Crippen LogP contribution in [0.3, 0.4) is 0 Å². The highest BCUT2D eigenvalue weighted by atomic mass is 16.3. The van der Waals surface area contributed by atoms with Crippen LogP contribution in [0.4, 0.5) is 0 Å². The number of hydrogen-bond acceptors (Lipinski definition) is 3. The molecule has 2 unspecified atom stereocenters. The second-order valence-electron chi connectivity index (χ2n) is 5.99. The number of dihydropyridines is 1. The van der Waals surface area contributed by atoms with E-state index in [1.807, 2.05) is 18.2 Å². The molecule has 1 saturated carbocycles. The predicted molar refractivity (Wildman–Crippen MR) is 82.6 cm³/mol. The highest BCUT2D eigenvalue weighted by Crippen LogP contribution is 2.36. The molecule has 0 bridgehead atoms. The van der Waals surface area contributed by atoms with Crippen molar-refractivity contribution in [1.29, 1.82) is 0 Å². The summed E-state index contributed by atoms with van der Waals surface area (Å²) in [7, 11) is 0. The minimum atomic E-state index is -0.110. The fraction of sp³-hybridized carbons (Fsp3) is 0.333. The average molecular weight is 279 g/mol. The van der Waals surface area contributed by atoms with Gasteiger partial charge in [0.15, 0.2) is 5.78 Å². The van der Waals surface area contributed by atoms with Crippen LogP contribution in [0.2, 0.25) is 0 Å². The molecular formula is C18H17NO2. The zero-order chi connectivity index (χ0) is 14.4. The summed E-state index contributed by atoms with van der Waals surface area (Å²) >= 11 is 0. The normalized spacial score (nSPS) is 27.4. The van der Waals surface area contributed by atoms with Gasteiger partial charge in [0, 0.05) is 11.1 Å². The zero-order valence-electron chi connectivity index (χ0n) is 11.7. The number of benzene rings is 1. The summed E-state index contributed by atoms with van der Waals surface area (Å²) in [4.78, 5) is 17.3. The maximum atomic E-state index is 12.5. The van der Waals surface area contributed by atoms with Gasteiger partial charge in [-0.05, 0) is 24.8 Å². The average Bonchev–Trinajstić information content (AvgIpc) is 2.79. The lowest BCUT2D eigenvalue weighted by molar-refractivity contribution is 0.104. The second-order valence-corrected chi connectivity index (χ2v) is 5.99. The lowest BCUT2D eigenvalue weighted by Crippen LogP contribution is -2.27. The van der Waals surface area contributed by atoms with Crippen molar-refractivity contribution in [2.45, 2.75) is 31.7 Å². The Balaban J connectivity index is 1.75. The van der Waals surface area contributed by atoms with Crippen LogP contribution >= 0.6 is 0 Å². The number of carbonyl (C=O) groups is 1. The molecule has 3 nitrogen and oxygen atoms in total. The molecule has 4 rings (SSSR count). The van der Waals surface area contributed by atoms with E-state index in [0.29, 0.717) is 28.3 Å². The second kappa shape index (κ2) is 4.69. The molecule has 3 aliphatic rings. The number of aliphatic imine (C=N–C) groups is 1. The molecule has 3 heteroatoms. The molecule has 0 spiro atoms. The van der Waals surface area contributed by atoms with Crippen molar-refractivity contribution < 1.29 is 9.90 Å². The Morgan fingerprint density at radius 2 is 1.86 bits per heavy atom. The Bertz CT molecular complexity index is 712. The minimum Gasteiger partial charge on any atom is -0.506 e. The molecule has 2 aliphatic carbocycles. The van der Waals surface area contributed by atoms with E-state index < -0.39 is 0 Å². The van der Waals surface area contributed by atoms with E-state index >= 15 is 0 Å². The van der Waals surface area contributed by atoms with Crippen molar-refractivity contribution in [2.24, 2.45) is 10.9 Å². The van der Waals surface area contributed by atoms with Crippen molar-refractivity contribution in [3.63, 3.8) is 0 Å². The standard InChI is InChI=1S/C18H17NO2/c20-17-12-6-2-3-7-13(12)18(21)16(17)15-10-9-11-5-1-4-8-14(11)19-15/h2-3,6-7,9-11,14,20H,1,4-5,8H2. The molecule has 0 saturated heterocycles. The van der Waals surface area contributed by atoms with Gasteiger partial charge in [-0.25, -0.2) is 0 Å². The number of aliphatic hydroxyl groups excluding tert-OH is 1. The number of carbonyl (C=O) groups excluding carboxylic acids is 1. The summed E-state index contributed by atoms with van der Waals surface area (Å²) in [6, 6.07) is 7.48. The summed E-state index contributed by atoms with van der Waals surface area (Å²) in [5, 5.41) is 10.4. The van der Waals surface area contributed by atoms with Crippen molar-refractivity contribution in [1.82, 2.24) is 0 Å². The number of ketones is 1. The van der Waals surface area contributed by atoms with Crippen LogP contribution in [0, 0.1) is 5.92 Å². The van der Waals surface area contributed by atoms with Crippen molar-refractivity contribution in [2.75, 3.05) is 0 Å². The lowest BCUT2D eigenvalue weighted by Gasteiger charge is -2.29. The van der Waals surface area contributed by atoms with E-state index in [1.165, 1.54) is 19.3 Å². The summed E-state index contributed by atoms with van der Waals surface area (Å²) in [5.74, 6) is 0.471. The van der Waals surface area contributed by atoms with Gasteiger partial charge in [0.25, 0.3) is 0 Å². The first-order valence-corrected chi connectivity index (χ1v) is 7.59. The van der Waals surface area contributed by atoms with Gasteiger partial charge >= 0.3 is 0 Å². The van der Waals surface area contributed by atoms with E-state index in [0.717, 1.165) is 6.42 Å². The number of allylic oxidation sites excluding steroid dienone is 2. The van der Waals surface area contributed by atoms with Crippen LogP contribution in [0.15, 0.2) is 47.0 Å². The number of fused-ring (bicyclic) bond motifs is 2. The van der Waals surface area contributed by atoms with Gasteiger partial charge in [-0.3, -0.25) is 9.79 Å². The maximum absolute atomic E-state index is 12.5. The topological polar surface area (TPSA) is 49.7 Å². The van der Waals surface area contributed by atoms with Gasteiger partial charge in [-0.2, -0.15) is 0 Å². The van der Waals surface area contributed by atoms with E-state index in [-0.39, 0.29) is 17.6 Å². The monoisotopic (exact) mass is 279 g/mol. The number of nitrogens with zero attached hydrogens (tertiary/aromatic N) is 1. The summed E-state index contributed by atoms with van der Waals surface area (Å²) in [5.41, 5.74) is 2.22. The first-order chi connectivity index (χ1) is 10.3. The number of hydrogen-bond donors (Lipinski definition) is 1. The van der Waals surface area contributed by atoms with E-state index in [2.05, 4.69) is 6.08 Å². The van der Waals surface area contributed by atoms with Gasteiger partial charge in [-0.1, -0.05) is 43.2 Å². The Hall–Kier alpha value is -2.16. The largest absolute Gasteiger partial charge is 0.506 e. The van der Waals surface area contributed by atoms with E-state index in [4.69, 9.17) is 4.99 Å². The van der Waals surface area contributed by atoms with Crippen LogP contribution < -0.4 is 0 Å². The smallest absolute Gasteiger partial charge is 0.199 e. The third-order valence-corrected chi connectivity index (χ3v) is 4.73. The first-order valence-electron chi connectivity index (χ1n) is 7.59. The Morgan fingerprint density at radius 3 is 2.67 bits per heavy atom. The molecule has 1 aromatic carbocycles. The predicted octanol–water partition coefficient (Wildman–Crippen LogP) is 3.72. The highest BCUT2D eigenvalue weighted by Gasteiger charge is 2.34. The quantitative estimate of drug-likeness (QED) is 0.851. The summed E-state index contributed by atoms with van der Waals surface area (Å²) in [6.45, 7) is 0. The van der Waals surface area contributed by atoms with Crippen molar-refractivity contribution in [3.05, 3.63) is 53.1 Å². The molecule has 1 aliphatic heterocycles. The number of aliphatic hydroxyl groups is 1.